The molecule has 0 bridgehead atoms. The molecule has 7 nitrogen and oxygen atoms in total. The highest BCUT2D eigenvalue weighted by atomic mass is 16.5. The molecule has 0 saturated heterocycles. The Kier molecular flexibility index (Phi) is 6.84. The van der Waals surface area contributed by atoms with E-state index < -0.39 is 12.0 Å². The summed E-state index contributed by atoms with van der Waals surface area (Å²) < 4.78 is 4.52. The molecule has 1 amide bonds. The molecule has 1 aromatic heterocycles. The molecule has 2 aromatic rings. The summed E-state index contributed by atoms with van der Waals surface area (Å²) in [4.78, 5) is 32.1. The molecule has 0 aliphatic rings. The number of ether oxygens (including phenoxy) is 1. The van der Waals surface area contributed by atoms with E-state index in [1.54, 1.807) is 0 Å². The lowest BCUT2D eigenvalue weighted by molar-refractivity contribution is -0.134. The molecular weight excluding hydrogens is 332 g/mol. The van der Waals surface area contributed by atoms with Crippen LogP contribution in [-0.4, -0.2) is 35.0 Å². The molecule has 0 unspecified atom stereocenters. The van der Waals surface area contributed by atoms with E-state index in [0.29, 0.717) is 11.5 Å². The summed E-state index contributed by atoms with van der Waals surface area (Å²) in [6.45, 7) is 3.90. The minimum Gasteiger partial charge on any atom is -0.466 e. The molecule has 0 aliphatic heterocycles. The first-order valence-electron chi connectivity index (χ1n) is 8.20. The number of rotatable bonds is 7. The number of esters is 1. The van der Waals surface area contributed by atoms with Gasteiger partial charge in [-0.05, 0) is 24.1 Å². The Balaban J connectivity index is 2.04. The van der Waals surface area contributed by atoms with Crippen molar-refractivity contribution in [2.45, 2.75) is 19.9 Å². The average Bonchev–Trinajstić information content (AvgIpc) is 2.65. The van der Waals surface area contributed by atoms with Gasteiger partial charge in [-0.1, -0.05) is 32.0 Å². The van der Waals surface area contributed by atoms with Gasteiger partial charge in [0.05, 0.1) is 25.2 Å². The Hall–Kier alpha value is -3.22. The van der Waals surface area contributed by atoms with Gasteiger partial charge in [0.15, 0.2) is 0 Å². The molecule has 136 valence electrons. The van der Waals surface area contributed by atoms with Crippen molar-refractivity contribution in [1.29, 1.82) is 0 Å². The third-order valence-corrected chi connectivity index (χ3v) is 3.56. The molecular formula is C19H22N4O3. The topological polar surface area (TPSA) is 93.2 Å². The zero-order chi connectivity index (χ0) is 18.9. The van der Waals surface area contributed by atoms with Crippen molar-refractivity contribution in [2.75, 3.05) is 17.7 Å². The average molecular weight is 354 g/mol. The Bertz CT molecular complexity index is 758. The Labute approximate surface area is 152 Å². The van der Waals surface area contributed by atoms with Gasteiger partial charge < -0.3 is 15.4 Å². The quantitative estimate of drug-likeness (QED) is 0.587. The number of aromatic nitrogens is 2. The van der Waals surface area contributed by atoms with Gasteiger partial charge >= 0.3 is 5.97 Å². The number of hydrogen-bond donors (Lipinski definition) is 2. The molecule has 2 N–H and O–H groups in total. The maximum atomic E-state index is 12.6. The molecule has 0 radical (unpaired) electrons. The van der Waals surface area contributed by atoms with Crippen LogP contribution in [0.1, 0.15) is 19.5 Å². The van der Waals surface area contributed by atoms with Crippen LogP contribution in [0.2, 0.25) is 0 Å². The Morgan fingerprint density at radius 3 is 2.42 bits per heavy atom. The second kappa shape index (κ2) is 9.31. The van der Waals surface area contributed by atoms with Gasteiger partial charge in [0.25, 0.3) is 0 Å². The number of carbonyl (C=O) groups excluding carboxylic acids is 2. The van der Waals surface area contributed by atoms with Crippen molar-refractivity contribution in [1.82, 2.24) is 9.97 Å². The van der Waals surface area contributed by atoms with Crippen LogP contribution >= 0.6 is 0 Å². The van der Waals surface area contributed by atoms with Crippen molar-refractivity contribution in [3.05, 3.63) is 54.5 Å². The molecule has 7 heteroatoms. The van der Waals surface area contributed by atoms with Crippen LogP contribution in [0.5, 0.6) is 0 Å². The summed E-state index contributed by atoms with van der Waals surface area (Å²) in [5.74, 6) is -0.101. The van der Waals surface area contributed by atoms with Crippen LogP contribution in [-0.2, 0) is 14.3 Å². The lowest BCUT2D eigenvalue weighted by Crippen LogP contribution is -2.39. The van der Waals surface area contributed by atoms with E-state index in [1.807, 2.05) is 44.2 Å². The first-order chi connectivity index (χ1) is 12.5. The van der Waals surface area contributed by atoms with E-state index in [4.69, 9.17) is 0 Å². The molecule has 1 aromatic carbocycles. The first-order valence-corrected chi connectivity index (χ1v) is 8.20. The second-order valence-electron chi connectivity index (χ2n) is 5.90. The van der Waals surface area contributed by atoms with E-state index in [9.17, 15) is 9.59 Å². The summed E-state index contributed by atoms with van der Waals surface area (Å²) in [6, 6.07) is 8.80. The maximum Gasteiger partial charge on any atom is 0.330 e. The number of benzene rings is 1. The largest absolute Gasteiger partial charge is 0.466 e. The third-order valence-electron chi connectivity index (χ3n) is 3.56. The number of amides is 1. The minimum absolute atomic E-state index is 0.0411. The number of nitrogens with one attached hydrogen (secondary N) is 2. The van der Waals surface area contributed by atoms with Crippen molar-refractivity contribution in [3.63, 3.8) is 0 Å². The van der Waals surface area contributed by atoms with Crippen LogP contribution in [0.3, 0.4) is 0 Å². The lowest BCUT2D eigenvalue weighted by atomic mass is 10.0. The van der Waals surface area contributed by atoms with Crippen molar-refractivity contribution in [2.24, 2.45) is 5.92 Å². The fourth-order valence-electron chi connectivity index (χ4n) is 2.16. The number of anilines is 2. The van der Waals surface area contributed by atoms with Crippen LogP contribution in [0, 0.1) is 5.92 Å². The zero-order valence-corrected chi connectivity index (χ0v) is 15.0. The van der Waals surface area contributed by atoms with Gasteiger partial charge in [0.1, 0.15) is 11.9 Å². The molecule has 1 atom stereocenters. The first kappa shape index (κ1) is 19.1. The highest BCUT2D eigenvalue weighted by Gasteiger charge is 2.22. The number of hydrogen-bond acceptors (Lipinski definition) is 6. The number of nitrogens with zero attached hydrogens (tertiary/aromatic N) is 2. The van der Waals surface area contributed by atoms with E-state index in [1.165, 1.54) is 31.7 Å². The maximum absolute atomic E-state index is 12.6. The molecule has 0 aliphatic carbocycles. The van der Waals surface area contributed by atoms with Crippen molar-refractivity contribution >= 4 is 29.5 Å². The SMILES string of the molecule is COC(=O)/C=C/c1cnc(N[C@@H](C(=O)Nc2ccccc2)C(C)C)cn1. The monoisotopic (exact) mass is 354 g/mol. The third kappa shape index (κ3) is 5.70. The minimum atomic E-state index is -0.471. The summed E-state index contributed by atoms with van der Waals surface area (Å²) in [5.41, 5.74) is 1.25. The molecule has 0 spiro atoms. The number of methoxy groups -OCH3 is 1. The standard InChI is InChI=1S/C19H22N4O3/c1-13(2)18(19(25)22-14-7-5-4-6-8-14)23-16-12-20-15(11-21-16)9-10-17(24)26-3/h4-13,18H,1-3H3,(H,21,23)(H,22,25)/b10-9+/t18-/m1/s1. The molecule has 2 rings (SSSR count). The van der Waals surface area contributed by atoms with E-state index in [-0.39, 0.29) is 11.8 Å². The van der Waals surface area contributed by atoms with Crippen LogP contribution in [0.15, 0.2) is 48.8 Å². The van der Waals surface area contributed by atoms with Gasteiger partial charge in [-0.25, -0.2) is 9.78 Å². The summed E-state index contributed by atoms with van der Waals surface area (Å²) in [6.07, 6.45) is 5.79. The fourth-order valence-corrected chi connectivity index (χ4v) is 2.16. The van der Waals surface area contributed by atoms with E-state index >= 15 is 0 Å². The number of para-hydroxylation sites is 1. The molecule has 26 heavy (non-hydrogen) atoms. The van der Waals surface area contributed by atoms with Crippen LogP contribution in [0.25, 0.3) is 6.08 Å². The highest BCUT2D eigenvalue weighted by Crippen LogP contribution is 2.13. The highest BCUT2D eigenvalue weighted by molar-refractivity contribution is 5.96. The van der Waals surface area contributed by atoms with Crippen LogP contribution < -0.4 is 10.6 Å². The molecule has 1 heterocycles. The van der Waals surface area contributed by atoms with Crippen LogP contribution in [0.4, 0.5) is 11.5 Å². The van der Waals surface area contributed by atoms with Crippen molar-refractivity contribution in [3.8, 4) is 0 Å². The fraction of sp³-hybridized carbons (Fsp3) is 0.263. The Morgan fingerprint density at radius 2 is 1.85 bits per heavy atom. The second-order valence-corrected chi connectivity index (χ2v) is 5.90. The number of carbonyl (C=O) groups is 2. The smallest absolute Gasteiger partial charge is 0.330 e. The normalized spacial score (nSPS) is 12.0. The van der Waals surface area contributed by atoms with Gasteiger partial charge in [0, 0.05) is 11.8 Å². The lowest BCUT2D eigenvalue weighted by Gasteiger charge is -2.22. The van der Waals surface area contributed by atoms with Gasteiger partial charge in [-0.2, -0.15) is 0 Å². The zero-order valence-electron chi connectivity index (χ0n) is 15.0. The Morgan fingerprint density at radius 1 is 1.12 bits per heavy atom. The summed E-state index contributed by atoms with van der Waals surface area (Å²) in [5, 5.41) is 5.98. The van der Waals surface area contributed by atoms with E-state index in [2.05, 4.69) is 25.3 Å². The van der Waals surface area contributed by atoms with Gasteiger partial charge in [-0.3, -0.25) is 9.78 Å². The summed E-state index contributed by atoms with van der Waals surface area (Å²) >= 11 is 0. The van der Waals surface area contributed by atoms with Crippen molar-refractivity contribution < 1.29 is 14.3 Å². The molecule has 0 saturated carbocycles. The molecule has 0 fully saturated rings. The van der Waals surface area contributed by atoms with E-state index in [0.717, 1.165) is 5.69 Å². The van der Waals surface area contributed by atoms with Gasteiger partial charge in [-0.15, -0.1) is 0 Å². The summed E-state index contributed by atoms with van der Waals surface area (Å²) in [7, 11) is 1.30. The van der Waals surface area contributed by atoms with Gasteiger partial charge in [0.2, 0.25) is 5.91 Å². The predicted molar refractivity (Wildman–Crippen MR) is 100 cm³/mol. The predicted octanol–water partition coefficient (Wildman–Crippen LogP) is 2.74.